The zero-order chi connectivity index (χ0) is 18.1. The Labute approximate surface area is 148 Å². The summed E-state index contributed by atoms with van der Waals surface area (Å²) >= 11 is 0. The predicted octanol–water partition coefficient (Wildman–Crippen LogP) is 2.59. The van der Waals surface area contributed by atoms with Crippen molar-refractivity contribution in [2.75, 3.05) is 13.1 Å². The Kier molecular flexibility index (Phi) is 4.79. The van der Waals surface area contributed by atoms with Crippen LogP contribution in [0.1, 0.15) is 52.1 Å². The average Bonchev–Trinajstić information content (AvgIpc) is 3.16. The van der Waals surface area contributed by atoms with Gasteiger partial charge >= 0.3 is 0 Å². The maximum atomic E-state index is 13.0. The van der Waals surface area contributed by atoms with E-state index in [9.17, 15) is 9.59 Å². The average molecular weight is 342 g/mol. The summed E-state index contributed by atoms with van der Waals surface area (Å²) in [6.45, 7) is 8.13. The minimum Gasteiger partial charge on any atom is -0.349 e. The van der Waals surface area contributed by atoms with Gasteiger partial charge in [-0.15, -0.1) is 0 Å². The van der Waals surface area contributed by atoms with Crippen LogP contribution in [0.25, 0.3) is 0 Å². The molecule has 1 amide bonds. The number of aryl methyl sites for hydroxylation is 2. The molecule has 1 atom stereocenters. The van der Waals surface area contributed by atoms with Crippen molar-refractivity contribution >= 4 is 11.7 Å². The molecule has 3 rings (SSSR count). The van der Waals surface area contributed by atoms with Crippen LogP contribution < -0.4 is 0 Å². The molecule has 1 aliphatic rings. The molecular formula is C19H26N4O2. The molecule has 0 spiro atoms. The molecular weight excluding hydrogens is 316 g/mol. The summed E-state index contributed by atoms with van der Waals surface area (Å²) in [6, 6.07) is 1.96. The largest absolute Gasteiger partial charge is 0.349 e. The molecule has 0 unspecified atom stereocenters. The lowest BCUT2D eigenvalue weighted by Crippen LogP contribution is -2.42. The molecule has 0 aromatic carbocycles. The molecule has 6 heteroatoms. The van der Waals surface area contributed by atoms with Crippen LogP contribution in [0.5, 0.6) is 0 Å². The van der Waals surface area contributed by atoms with Gasteiger partial charge in [0, 0.05) is 56.4 Å². The van der Waals surface area contributed by atoms with Gasteiger partial charge in [0.1, 0.15) is 0 Å². The highest BCUT2D eigenvalue weighted by atomic mass is 16.2. The molecule has 0 N–H and O–H groups in total. The third-order valence-corrected chi connectivity index (χ3v) is 5.24. The highest BCUT2D eigenvalue weighted by molar-refractivity contribution is 5.98. The maximum absolute atomic E-state index is 13.0. The van der Waals surface area contributed by atoms with Crippen LogP contribution in [0.4, 0.5) is 0 Å². The lowest BCUT2D eigenvalue weighted by molar-refractivity contribution is 0.0632. The number of imidazole rings is 1. The zero-order valence-electron chi connectivity index (χ0n) is 15.5. The van der Waals surface area contributed by atoms with Gasteiger partial charge in [-0.2, -0.15) is 0 Å². The van der Waals surface area contributed by atoms with E-state index in [-0.39, 0.29) is 17.6 Å². The van der Waals surface area contributed by atoms with Crippen molar-refractivity contribution in [2.45, 2.75) is 40.2 Å². The second kappa shape index (κ2) is 6.86. The number of hydrogen-bond acceptors (Lipinski definition) is 3. The van der Waals surface area contributed by atoms with Crippen molar-refractivity contribution in [3.8, 4) is 0 Å². The highest BCUT2D eigenvalue weighted by Gasteiger charge is 2.32. The Morgan fingerprint density at radius 2 is 2.08 bits per heavy atom. The first-order chi connectivity index (χ1) is 11.9. The number of hydrogen-bond donors (Lipinski definition) is 0. The summed E-state index contributed by atoms with van der Waals surface area (Å²) in [5, 5.41) is 0. The first kappa shape index (κ1) is 17.5. The van der Waals surface area contributed by atoms with Crippen molar-refractivity contribution < 1.29 is 9.59 Å². The Morgan fingerprint density at radius 3 is 2.68 bits per heavy atom. The number of likely N-dealkylation sites (tertiary alicyclic amines) is 1. The Bertz CT molecular complexity index is 802. The highest BCUT2D eigenvalue weighted by Crippen LogP contribution is 2.24. The van der Waals surface area contributed by atoms with Crippen LogP contribution in [0.15, 0.2) is 18.5 Å². The maximum Gasteiger partial charge on any atom is 0.255 e. The molecule has 3 heterocycles. The van der Waals surface area contributed by atoms with Gasteiger partial charge in [-0.25, -0.2) is 4.98 Å². The van der Waals surface area contributed by atoms with Gasteiger partial charge in [0.15, 0.2) is 5.82 Å². The minimum atomic E-state index is -0.173. The number of amides is 1. The molecule has 0 bridgehead atoms. The van der Waals surface area contributed by atoms with E-state index in [0.717, 1.165) is 36.3 Å². The van der Waals surface area contributed by atoms with Gasteiger partial charge in [-0.1, -0.05) is 0 Å². The molecule has 25 heavy (non-hydrogen) atoms. The van der Waals surface area contributed by atoms with Gasteiger partial charge in [0.25, 0.3) is 5.91 Å². The zero-order valence-corrected chi connectivity index (χ0v) is 15.5. The number of carbonyl (C=O) groups is 2. The molecule has 134 valence electrons. The summed E-state index contributed by atoms with van der Waals surface area (Å²) < 4.78 is 3.89. The summed E-state index contributed by atoms with van der Waals surface area (Å²) in [5.74, 6) is 0.367. The van der Waals surface area contributed by atoms with E-state index in [4.69, 9.17) is 0 Å². The van der Waals surface area contributed by atoms with Gasteiger partial charge in [0.2, 0.25) is 5.78 Å². The van der Waals surface area contributed by atoms with Crippen molar-refractivity contribution in [3.63, 3.8) is 0 Å². The van der Waals surface area contributed by atoms with Gasteiger partial charge < -0.3 is 14.0 Å². The topological polar surface area (TPSA) is 60.1 Å². The molecule has 1 saturated heterocycles. The van der Waals surface area contributed by atoms with Crippen molar-refractivity contribution in [2.24, 2.45) is 13.0 Å². The second-order valence-electron chi connectivity index (χ2n) is 6.85. The summed E-state index contributed by atoms with van der Waals surface area (Å²) in [7, 11) is 1.82. The molecule has 0 radical (unpaired) electrons. The molecule has 6 nitrogen and oxygen atoms in total. The van der Waals surface area contributed by atoms with Gasteiger partial charge in [0.05, 0.1) is 5.56 Å². The number of ketones is 1. The summed E-state index contributed by atoms with van der Waals surface area (Å²) in [4.78, 5) is 31.7. The first-order valence-electron chi connectivity index (χ1n) is 8.91. The van der Waals surface area contributed by atoms with E-state index < -0.39 is 0 Å². The Balaban J connectivity index is 1.78. The quantitative estimate of drug-likeness (QED) is 0.803. The molecule has 2 aromatic heterocycles. The van der Waals surface area contributed by atoms with Crippen molar-refractivity contribution in [3.05, 3.63) is 41.2 Å². The van der Waals surface area contributed by atoms with Crippen molar-refractivity contribution in [1.82, 2.24) is 19.0 Å². The van der Waals surface area contributed by atoms with Crippen LogP contribution in [0.2, 0.25) is 0 Å². The van der Waals surface area contributed by atoms with Crippen molar-refractivity contribution in [1.29, 1.82) is 0 Å². The van der Waals surface area contributed by atoms with E-state index in [1.54, 1.807) is 17.0 Å². The van der Waals surface area contributed by atoms with Crippen LogP contribution in [-0.4, -0.2) is 43.8 Å². The number of Topliss-reactive ketones (excluding diaryl/α,β-unsaturated/α-hetero) is 1. The van der Waals surface area contributed by atoms with Gasteiger partial charge in [-0.05, 0) is 39.7 Å². The lowest BCUT2D eigenvalue weighted by atomic mass is 9.93. The van der Waals surface area contributed by atoms with E-state index >= 15 is 0 Å². The molecule has 2 aromatic rings. The third-order valence-electron chi connectivity index (χ3n) is 5.24. The molecule has 1 aliphatic heterocycles. The van der Waals surface area contributed by atoms with Crippen LogP contribution in [0.3, 0.4) is 0 Å². The summed E-state index contributed by atoms with van der Waals surface area (Å²) in [5.41, 5.74) is 2.85. The molecule has 0 saturated carbocycles. The predicted molar refractivity (Wildman–Crippen MR) is 95.7 cm³/mol. The Hall–Kier alpha value is -2.37. The smallest absolute Gasteiger partial charge is 0.255 e. The van der Waals surface area contributed by atoms with Crippen LogP contribution in [-0.2, 0) is 13.6 Å². The fraction of sp³-hybridized carbons (Fsp3) is 0.526. The first-order valence-corrected chi connectivity index (χ1v) is 8.91. The number of nitrogens with zero attached hydrogens (tertiary/aromatic N) is 4. The fourth-order valence-electron chi connectivity index (χ4n) is 3.84. The summed E-state index contributed by atoms with van der Waals surface area (Å²) in [6.07, 6.45) is 5.07. The second-order valence-corrected chi connectivity index (χ2v) is 6.85. The number of aromatic nitrogens is 3. The SMILES string of the molecule is CCn1c(C)cc(C(=O)N2CCC[C@H](C(=O)c3nccn3C)C2)c1C. The van der Waals surface area contributed by atoms with E-state index in [1.165, 1.54) is 0 Å². The number of carbonyl (C=O) groups excluding carboxylic acids is 2. The van der Waals surface area contributed by atoms with E-state index in [0.29, 0.717) is 18.9 Å². The number of piperidine rings is 1. The van der Waals surface area contributed by atoms with Gasteiger partial charge in [-0.3, -0.25) is 9.59 Å². The number of rotatable bonds is 4. The van der Waals surface area contributed by atoms with Crippen LogP contribution >= 0.6 is 0 Å². The minimum absolute atomic E-state index is 0.0315. The fourth-order valence-corrected chi connectivity index (χ4v) is 3.84. The molecule has 0 aliphatic carbocycles. The molecule has 1 fully saturated rings. The normalized spacial score (nSPS) is 17.8. The third kappa shape index (κ3) is 3.13. The lowest BCUT2D eigenvalue weighted by Gasteiger charge is -2.32. The standard InChI is InChI=1S/C19H26N4O2/c1-5-23-13(2)11-16(14(23)3)19(25)22-9-6-7-15(12-22)17(24)18-20-8-10-21(18)4/h8,10-11,15H,5-7,9,12H2,1-4H3/t15-/m0/s1. The van der Waals surface area contributed by atoms with E-state index in [1.807, 2.05) is 31.9 Å². The Morgan fingerprint density at radius 1 is 1.32 bits per heavy atom. The monoisotopic (exact) mass is 342 g/mol. The van der Waals surface area contributed by atoms with E-state index in [2.05, 4.69) is 16.5 Å². The van der Waals surface area contributed by atoms with Crippen LogP contribution in [0, 0.1) is 19.8 Å².